The maximum atomic E-state index is 13.8. The maximum absolute atomic E-state index is 13.8. The van der Waals surface area contributed by atoms with E-state index in [1.165, 1.54) is 10.6 Å². The Bertz CT molecular complexity index is 1880. The Hall–Kier alpha value is -4.66. The molecule has 4 aromatic carbocycles. The number of carboxylic acid groups (broad SMARTS) is 2. The number of rotatable bonds is 8. The van der Waals surface area contributed by atoms with E-state index in [0.29, 0.717) is 54.6 Å². The number of ether oxygens (including phenoxy) is 1. The normalized spacial score (nSPS) is 10.7. The number of hydrogen-bond acceptors (Lipinski definition) is 4. The van der Waals surface area contributed by atoms with E-state index in [2.05, 4.69) is 0 Å². The van der Waals surface area contributed by atoms with Crippen molar-refractivity contribution in [2.45, 2.75) is 33.1 Å². The van der Waals surface area contributed by atoms with Crippen LogP contribution in [0.5, 0.6) is 5.75 Å². The molecule has 0 fully saturated rings. The standard InChI is InChI=1S/C19H16ClNO4.C16H14ClFO2/c1-11-15(10-18(22)23)16-9-14(25-2)7-8-17(16)21(11)19(24)12-3-5-13(20)6-4-12;1-10-5-6-11(12(7-10)9-16(19)20)8-13-14(17)3-2-4-15(13)18/h3-9H,10H2,1-2H3,(H,22,23);2-7H,8-9H2,1H3,(H,19,20). The quantitative estimate of drug-likeness (QED) is 0.177. The minimum Gasteiger partial charge on any atom is -0.497 e. The van der Waals surface area contributed by atoms with Crippen molar-refractivity contribution >= 4 is 52.0 Å². The monoisotopic (exact) mass is 649 g/mol. The highest BCUT2D eigenvalue weighted by Gasteiger charge is 2.22. The molecule has 0 aliphatic heterocycles. The number of fused-ring (bicyclic) bond motifs is 1. The van der Waals surface area contributed by atoms with Gasteiger partial charge in [0.15, 0.2) is 0 Å². The van der Waals surface area contributed by atoms with Crippen molar-refractivity contribution in [2.24, 2.45) is 0 Å². The number of benzene rings is 4. The molecule has 10 heteroatoms. The Balaban J connectivity index is 0.000000210. The zero-order chi connectivity index (χ0) is 32.8. The second-order valence-corrected chi connectivity index (χ2v) is 11.2. The van der Waals surface area contributed by atoms with Crippen molar-refractivity contribution in [1.82, 2.24) is 4.57 Å². The molecule has 232 valence electrons. The number of carbonyl (C=O) groups excluding carboxylic acids is 1. The Kier molecular flexibility index (Phi) is 10.6. The highest BCUT2D eigenvalue weighted by molar-refractivity contribution is 6.31. The third-order valence-electron chi connectivity index (χ3n) is 7.30. The molecule has 0 atom stereocenters. The van der Waals surface area contributed by atoms with Gasteiger partial charge in [-0.2, -0.15) is 0 Å². The summed E-state index contributed by atoms with van der Waals surface area (Å²) < 4.78 is 20.6. The summed E-state index contributed by atoms with van der Waals surface area (Å²) in [7, 11) is 1.54. The summed E-state index contributed by atoms with van der Waals surface area (Å²) in [5.74, 6) is -1.86. The zero-order valence-corrected chi connectivity index (χ0v) is 26.2. The molecular formula is C35H30Cl2FNO6. The molecule has 5 rings (SSSR count). The van der Waals surface area contributed by atoms with E-state index in [1.54, 1.807) is 68.6 Å². The van der Waals surface area contributed by atoms with Gasteiger partial charge in [-0.3, -0.25) is 19.0 Å². The van der Waals surface area contributed by atoms with Crippen LogP contribution in [-0.2, 0) is 28.9 Å². The average molecular weight is 651 g/mol. The molecular weight excluding hydrogens is 620 g/mol. The summed E-state index contributed by atoms with van der Waals surface area (Å²) in [6, 6.07) is 21.9. The predicted molar refractivity (Wildman–Crippen MR) is 172 cm³/mol. The number of hydrogen-bond donors (Lipinski definition) is 2. The molecule has 0 bridgehead atoms. The van der Waals surface area contributed by atoms with Crippen LogP contribution < -0.4 is 4.74 Å². The highest BCUT2D eigenvalue weighted by Crippen LogP contribution is 2.31. The average Bonchev–Trinajstić information content (AvgIpc) is 3.25. The van der Waals surface area contributed by atoms with Crippen molar-refractivity contribution in [3.8, 4) is 5.75 Å². The van der Waals surface area contributed by atoms with Gasteiger partial charge in [-0.05, 0) is 85.1 Å². The lowest BCUT2D eigenvalue weighted by Crippen LogP contribution is -2.14. The number of aliphatic carboxylic acids is 2. The third-order valence-corrected chi connectivity index (χ3v) is 7.90. The smallest absolute Gasteiger partial charge is 0.307 e. The molecule has 0 spiro atoms. The van der Waals surface area contributed by atoms with Crippen LogP contribution >= 0.6 is 23.2 Å². The summed E-state index contributed by atoms with van der Waals surface area (Å²) in [6.45, 7) is 3.64. The second-order valence-electron chi connectivity index (χ2n) is 10.4. The van der Waals surface area contributed by atoms with E-state index in [9.17, 15) is 23.9 Å². The van der Waals surface area contributed by atoms with Crippen molar-refractivity contribution in [3.05, 3.63) is 134 Å². The van der Waals surface area contributed by atoms with Gasteiger partial charge in [-0.1, -0.05) is 53.0 Å². The van der Waals surface area contributed by atoms with Crippen molar-refractivity contribution in [3.63, 3.8) is 0 Å². The van der Waals surface area contributed by atoms with E-state index in [0.717, 1.165) is 11.1 Å². The fraction of sp³-hybridized carbons (Fsp3) is 0.171. The van der Waals surface area contributed by atoms with Gasteiger partial charge in [0.05, 0.1) is 25.5 Å². The molecule has 0 aliphatic rings. The van der Waals surface area contributed by atoms with Gasteiger partial charge in [0, 0.05) is 38.7 Å². The summed E-state index contributed by atoms with van der Waals surface area (Å²) in [6.07, 6.45) is 0.0356. The van der Waals surface area contributed by atoms with Gasteiger partial charge < -0.3 is 14.9 Å². The minimum absolute atomic E-state index is 0.0803. The molecule has 1 aromatic heterocycles. The van der Waals surface area contributed by atoms with Crippen LogP contribution in [0, 0.1) is 19.7 Å². The number of aryl methyl sites for hydroxylation is 1. The lowest BCUT2D eigenvalue weighted by molar-refractivity contribution is -0.137. The first kappa shape index (κ1) is 33.2. The van der Waals surface area contributed by atoms with Crippen LogP contribution in [0.4, 0.5) is 4.39 Å². The Morgan fingerprint density at radius 3 is 2.13 bits per heavy atom. The molecule has 0 aliphatic carbocycles. The molecule has 45 heavy (non-hydrogen) atoms. The minimum atomic E-state index is -0.955. The van der Waals surface area contributed by atoms with E-state index in [-0.39, 0.29) is 31.0 Å². The molecule has 7 nitrogen and oxygen atoms in total. The lowest BCUT2D eigenvalue weighted by atomic mass is 9.96. The molecule has 2 N–H and O–H groups in total. The topological polar surface area (TPSA) is 106 Å². The summed E-state index contributed by atoms with van der Waals surface area (Å²) in [4.78, 5) is 35.2. The first-order valence-corrected chi connectivity index (χ1v) is 14.6. The lowest BCUT2D eigenvalue weighted by Gasteiger charge is -2.11. The fourth-order valence-corrected chi connectivity index (χ4v) is 5.45. The maximum Gasteiger partial charge on any atom is 0.307 e. The van der Waals surface area contributed by atoms with Gasteiger partial charge >= 0.3 is 11.9 Å². The molecule has 0 unspecified atom stereocenters. The van der Waals surface area contributed by atoms with Crippen LogP contribution in [-0.4, -0.2) is 39.7 Å². The summed E-state index contributed by atoms with van der Waals surface area (Å²) >= 11 is 11.9. The van der Waals surface area contributed by atoms with Crippen LogP contribution in [0.2, 0.25) is 10.0 Å². The van der Waals surface area contributed by atoms with Crippen molar-refractivity contribution in [1.29, 1.82) is 0 Å². The van der Waals surface area contributed by atoms with Gasteiger partial charge in [-0.15, -0.1) is 0 Å². The van der Waals surface area contributed by atoms with Crippen LogP contribution in [0.3, 0.4) is 0 Å². The first-order valence-electron chi connectivity index (χ1n) is 13.8. The predicted octanol–water partition coefficient (Wildman–Crippen LogP) is 7.93. The summed E-state index contributed by atoms with van der Waals surface area (Å²) in [5, 5.41) is 19.8. The van der Waals surface area contributed by atoms with Crippen LogP contribution in [0.1, 0.15) is 43.9 Å². The van der Waals surface area contributed by atoms with Gasteiger partial charge in [-0.25, -0.2) is 4.39 Å². The number of aromatic nitrogens is 1. The van der Waals surface area contributed by atoms with Crippen LogP contribution in [0.25, 0.3) is 10.9 Å². The number of methoxy groups -OCH3 is 1. The zero-order valence-electron chi connectivity index (χ0n) is 24.7. The Morgan fingerprint density at radius 2 is 1.51 bits per heavy atom. The number of carboxylic acids is 2. The van der Waals surface area contributed by atoms with Gasteiger partial charge in [0.2, 0.25) is 0 Å². The van der Waals surface area contributed by atoms with E-state index in [4.69, 9.17) is 33.0 Å². The molecule has 0 radical (unpaired) electrons. The number of nitrogens with zero attached hydrogens (tertiary/aromatic N) is 1. The molecule has 5 aromatic rings. The van der Waals surface area contributed by atoms with Gasteiger partial charge in [0.1, 0.15) is 11.6 Å². The third kappa shape index (κ3) is 7.90. The SMILES string of the molecule is COc1ccc2c(c1)c(CC(=O)O)c(C)n2C(=O)c1ccc(Cl)cc1.Cc1ccc(Cc2c(F)cccc2Cl)c(CC(=O)O)c1. The molecule has 0 saturated carbocycles. The summed E-state index contributed by atoms with van der Waals surface area (Å²) in [5.41, 5.74) is 5.17. The fourth-order valence-electron chi connectivity index (χ4n) is 5.09. The van der Waals surface area contributed by atoms with Crippen LogP contribution in [0.15, 0.2) is 78.9 Å². The van der Waals surface area contributed by atoms with E-state index < -0.39 is 11.9 Å². The number of halogens is 3. The van der Waals surface area contributed by atoms with E-state index >= 15 is 0 Å². The van der Waals surface area contributed by atoms with Crippen molar-refractivity contribution in [2.75, 3.05) is 7.11 Å². The van der Waals surface area contributed by atoms with Gasteiger partial charge in [0.25, 0.3) is 5.91 Å². The molecule has 0 saturated heterocycles. The first-order chi connectivity index (χ1) is 21.4. The molecule has 1 heterocycles. The largest absolute Gasteiger partial charge is 0.497 e. The van der Waals surface area contributed by atoms with E-state index in [1.807, 2.05) is 25.1 Å². The molecule has 0 amide bonds. The Labute approximate surface area is 269 Å². The van der Waals surface area contributed by atoms with Crippen molar-refractivity contribution < 1.29 is 33.7 Å². The second kappa shape index (κ2) is 14.4. The highest BCUT2D eigenvalue weighted by atomic mass is 35.5. The Morgan fingerprint density at radius 1 is 0.822 bits per heavy atom. The number of carbonyl (C=O) groups is 3.